The predicted molar refractivity (Wildman–Crippen MR) is 99.8 cm³/mol. The second-order valence-corrected chi connectivity index (χ2v) is 8.03. The van der Waals surface area contributed by atoms with E-state index in [0.29, 0.717) is 17.5 Å². The van der Waals surface area contributed by atoms with Crippen LogP contribution in [-0.4, -0.2) is 22.4 Å². The highest BCUT2D eigenvalue weighted by atomic mass is 16.3. The number of rotatable bonds is 8. The van der Waals surface area contributed by atoms with E-state index in [4.69, 9.17) is 0 Å². The van der Waals surface area contributed by atoms with Crippen LogP contribution in [0.3, 0.4) is 0 Å². The average molecular weight is 345 g/mol. The number of nitrogens with zero attached hydrogens (tertiary/aromatic N) is 1. The highest BCUT2D eigenvalue weighted by Gasteiger charge is 2.44. The summed E-state index contributed by atoms with van der Waals surface area (Å²) in [5.41, 5.74) is 2.88. The van der Waals surface area contributed by atoms with E-state index >= 15 is 0 Å². The lowest BCUT2D eigenvalue weighted by molar-refractivity contribution is 0.0870. The Morgan fingerprint density at radius 2 is 2.08 bits per heavy atom. The first-order valence-electron chi connectivity index (χ1n) is 9.94. The molecule has 4 nitrogen and oxygen atoms in total. The van der Waals surface area contributed by atoms with Crippen LogP contribution in [0, 0.1) is 22.7 Å². The van der Waals surface area contributed by atoms with Crippen molar-refractivity contribution < 1.29 is 10.2 Å². The van der Waals surface area contributed by atoms with Crippen molar-refractivity contribution in [3.63, 3.8) is 0 Å². The molecule has 0 unspecified atom stereocenters. The van der Waals surface area contributed by atoms with E-state index in [1.54, 1.807) is 6.07 Å². The molecular formula is C21H31NO3. The van der Waals surface area contributed by atoms with E-state index < -0.39 is 0 Å². The molecule has 2 N–H and O–H groups in total. The lowest BCUT2D eigenvalue weighted by atomic mass is 9.73. The SMILES string of the molecule is CCCCC[C@H](O)CC[C@@H]1[C@H]2Cc3cccc(N=O)c3C[C@H]2C[C@H]1O. The summed E-state index contributed by atoms with van der Waals surface area (Å²) in [5, 5.41) is 24.0. The lowest BCUT2D eigenvalue weighted by Crippen LogP contribution is -2.27. The Hall–Kier alpha value is -1.26. The highest BCUT2D eigenvalue weighted by Crippen LogP contribution is 2.48. The first kappa shape index (κ1) is 18.5. The molecule has 0 saturated heterocycles. The summed E-state index contributed by atoms with van der Waals surface area (Å²) in [4.78, 5) is 11.1. The Labute approximate surface area is 150 Å². The summed E-state index contributed by atoms with van der Waals surface area (Å²) in [6, 6.07) is 5.80. The normalized spacial score (nSPS) is 29.1. The van der Waals surface area contributed by atoms with Crippen LogP contribution in [-0.2, 0) is 12.8 Å². The van der Waals surface area contributed by atoms with Gasteiger partial charge in [-0.3, -0.25) is 0 Å². The van der Waals surface area contributed by atoms with Crippen LogP contribution >= 0.6 is 0 Å². The monoisotopic (exact) mass is 345 g/mol. The first-order chi connectivity index (χ1) is 12.1. The molecule has 0 heterocycles. The summed E-state index contributed by atoms with van der Waals surface area (Å²) in [5.74, 6) is 1.17. The second kappa shape index (κ2) is 8.41. The van der Waals surface area contributed by atoms with Gasteiger partial charge in [0.1, 0.15) is 5.69 Å². The third kappa shape index (κ3) is 4.12. The molecule has 0 aliphatic heterocycles. The quantitative estimate of drug-likeness (QED) is 0.537. The number of nitroso groups, excluding NO2 is 1. The molecule has 1 aromatic rings. The molecule has 1 aromatic carbocycles. The topological polar surface area (TPSA) is 69.9 Å². The van der Waals surface area contributed by atoms with Crippen molar-refractivity contribution in [2.24, 2.45) is 22.9 Å². The highest BCUT2D eigenvalue weighted by molar-refractivity contribution is 5.51. The number of unbranched alkanes of at least 4 members (excludes halogenated alkanes) is 2. The largest absolute Gasteiger partial charge is 0.393 e. The lowest BCUT2D eigenvalue weighted by Gasteiger charge is -2.32. The molecule has 2 aliphatic carbocycles. The van der Waals surface area contributed by atoms with Crippen LogP contribution in [0.4, 0.5) is 5.69 Å². The van der Waals surface area contributed by atoms with Crippen LogP contribution in [0.25, 0.3) is 0 Å². The van der Waals surface area contributed by atoms with Gasteiger partial charge >= 0.3 is 0 Å². The molecule has 0 spiro atoms. The Morgan fingerprint density at radius 3 is 2.84 bits per heavy atom. The molecule has 4 heteroatoms. The minimum atomic E-state index is -0.278. The van der Waals surface area contributed by atoms with Gasteiger partial charge in [0.05, 0.1) is 12.2 Å². The maximum absolute atomic E-state index is 11.1. The van der Waals surface area contributed by atoms with Crippen LogP contribution in [0.1, 0.15) is 63.0 Å². The van der Waals surface area contributed by atoms with Crippen molar-refractivity contribution in [1.29, 1.82) is 0 Å². The van der Waals surface area contributed by atoms with Crippen molar-refractivity contribution in [1.82, 2.24) is 0 Å². The molecule has 0 bridgehead atoms. The molecule has 25 heavy (non-hydrogen) atoms. The van der Waals surface area contributed by atoms with Gasteiger partial charge in [-0.1, -0.05) is 38.3 Å². The minimum Gasteiger partial charge on any atom is -0.393 e. The van der Waals surface area contributed by atoms with Crippen LogP contribution in [0.5, 0.6) is 0 Å². The van der Waals surface area contributed by atoms with Gasteiger partial charge in [-0.15, -0.1) is 4.91 Å². The molecule has 1 saturated carbocycles. The summed E-state index contributed by atoms with van der Waals surface area (Å²) in [6.07, 6.45) is 8.09. The zero-order valence-electron chi connectivity index (χ0n) is 15.2. The number of hydrogen-bond donors (Lipinski definition) is 2. The summed E-state index contributed by atoms with van der Waals surface area (Å²) in [6.45, 7) is 2.17. The number of hydrogen-bond acceptors (Lipinski definition) is 4. The molecule has 0 amide bonds. The van der Waals surface area contributed by atoms with Crippen molar-refractivity contribution in [2.75, 3.05) is 0 Å². The van der Waals surface area contributed by atoms with Gasteiger partial charge in [0.15, 0.2) is 0 Å². The molecule has 0 radical (unpaired) electrons. The van der Waals surface area contributed by atoms with Gasteiger partial charge in [-0.25, -0.2) is 0 Å². The number of fused-ring (bicyclic) bond motifs is 2. The Balaban J connectivity index is 1.62. The third-order valence-corrected chi connectivity index (χ3v) is 6.44. The standard InChI is InChI=1S/C21H31NO3/c1-2-3-4-7-16(23)9-10-17-18-11-14-6-5-8-20(22-25)19(14)12-15(18)13-21(17)24/h5-6,8,15-18,21,23-24H,2-4,7,9-13H2,1H3/t15-,16-,17+,18-,21+/m0/s1. The van der Waals surface area contributed by atoms with Crippen LogP contribution < -0.4 is 0 Å². The third-order valence-electron chi connectivity index (χ3n) is 6.44. The van der Waals surface area contributed by atoms with Gasteiger partial charge in [-0.05, 0) is 78.6 Å². The zero-order valence-corrected chi connectivity index (χ0v) is 15.2. The van der Waals surface area contributed by atoms with Crippen molar-refractivity contribution >= 4 is 5.69 Å². The summed E-state index contributed by atoms with van der Waals surface area (Å²) < 4.78 is 0. The number of aliphatic hydroxyl groups excluding tert-OH is 2. The summed E-state index contributed by atoms with van der Waals surface area (Å²) in [7, 11) is 0. The predicted octanol–water partition coefficient (Wildman–Crippen LogP) is 4.52. The van der Waals surface area contributed by atoms with Crippen LogP contribution in [0.15, 0.2) is 23.4 Å². The fourth-order valence-electron chi connectivity index (χ4n) is 5.06. The Kier molecular flexibility index (Phi) is 6.24. The first-order valence-corrected chi connectivity index (χ1v) is 9.94. The Morgan fingerprint density at radius 1 is 1.24 bits per heavy atom. The summed E-state index contributed by atoms with van der Waals surface area (Å²) >= 11 is 0. The molecule has 2 aliphatic rings. The van der Waals surface area contributed by atoms with Gasteiger partial charge in [0.2, 0.25) is 0 Å². The molecule has 5 atom stereocenters. The second-order valence-electron chi connectivity index (χ2n) is 8.03. The van der Waals surface area contributed by atoms with E-state index in [-0.39, 0.29) is 18.1 Å². The molecule has 1 fully saturated rings. The van der Waals surface area contributed by atoms with Crippen molar-refractivity contribution in [3.8, 4) is 0 Å². The van der Waals surface area contributed by atoms with E-state index in [1.165, 1.54) is 18.4 Å². The zero-order chi connectivity index (χ0) is 17.8. The van der Waals surface area contributed by atoms with E-state index in [0.717, 1.165) is 50.5 Å². The maximum Gasteiger partial charge on any atom is 0.111 e. The van der Waals surface area contributed by atoms with Crippen LogP contribution in [0.2, 0.25) is 0 Å². The smallest absolute Gasteiger partial charge is 0.111 e. The van der Waals surface area contributed by atoms with Gasteiger partial charge in [-0.2, -0.15) is 0 Å². The maximum atomic E-state index is 11.1. The van der Waals surface area contributed by atoms with E-state index in [9.17, 15) is 15.1 Å². The van der Waals surface area contributed by atoms with E-state index in [2.05, 4.69) is 18.2 Å². The van der Waals surface area contributed by atoms with Crippen molar-refractivity contribution in [2.45, 2.75) is 76.9 Å². The van der Waals surface area contributed by atoms with Gasteiger partial charge < -0.3 is 10.2 Å². The fourth-order valence-corrected chi connectivity index (χ4v) is 5.06. The Bertz CT molecular complexity index is 589. The number of aliphatic hydroxyl groups is 2. The van der Waals surface area contributed by atoms with Gasteiger partial charge in [0, 0.05) is 0 Å². The molecular weight excluding hydrogens is 314 g/mol. The molecule has 0 aromatic heterocycles. The van der Waals surface area contributed by atoms with Crippen molar-refractivity contribution in [3.05, 3.63) is 34.2 Å². The number of benzene rings is 1. The molecule has 3 rings (SSSR count). The van der Waals surface area contributed by atoms with E-state index in [1.807, 2.05) is 6.07 Å². The van der Waals surface area contributed by atoms with Gasteiger partial charge in [0.25, 0.3) is 0 Å². The average Bonchev–Trinajstić information content (AvgIpc) is 2.92. The molecule has 138 valence electrons. The fraction of sp³-hybridized carbons (Fsp3) is 0.714. The minimum absolute atomic E-state index is 0.237.